The molecular weight excluding hydrogens is 364 g/mol. The number of hydrogen-bond acceptors (Lipinski definition) is 4. The Morgan fingerprint density at radius 2 is 1.76 bits per heavy atom. The van der Waals surface area contributed by atoms with Crippen LogP contribution in [0.4, 0.5) is 4.79 Å². The van der Waals surface area contributed by atoms with E-state index in [9.17, 15) is 4.79 Å². The van der Waals surface area contributed by atoms with Crippen molar-refractivity contribution in [1.82, 2.24) is 29.9 Å². The van der Waals surface area contributed by atoms with Gasteiger partial charge in [-0.25, -0.2) is 14.5 Å². The number of carbonyl (C=O) groups excluding carboxylic acids is 1. The van der Waals surface area contributed by atoms with Gasteiger partial charge in [-0.2, -0.15) is 5.10 Å². The van der Waals surface area contributed by atoms with Gasteiger partial charge < -0.3 is 10.2 Å². The molecule has 0 radical (unpaired) electrons. The van der Waals surface area contributed by atoms with Crippen LogP contribution in [0.25, 0.3) is 5.69 Å². The summed E-state index contributed by atoms with van der Waals surface area (Å²) in [5, 5.41) is 7.25. The van der Waals surface area contributed by atoms with Gasteiger partial charge in [-0.3, -0.25) is 4.90 Å². The number of amides is 2. The highest BCUT2D eigenvalue weighted by Gasteiger charge is 2.22. The third-order valence-corrected chi connectivity index (χ3v) is 5.32. The first kappa shape index (κ1) is 19.1. The van der Waals surface area contributed by atoms with Gasteiger partial charge in [-0.15, -0.1) is 0 Å². The standard InChI is InChI=1S/C22H26N6O/c1-18(20-7-9-21(10-8-20)28-17-23-16-24-28)25-22(29)27-13-11-26(12-14-27)15-19-5-3-2-4-6-19/h2-10,16-18H,11-15H2,1H3,(H,25,29). The Morgan fingerprint density at radius 3 is 2.41 bits per heavy atom. The molecule has 4 rings (SSSR count). The maximum atomic E-state index is 12.7. The molecule has 1 aliphatic rings. The maximum Gasteiger partial charge on any atom is 0.317 e. The number of rotatable bonds is 5. The highest BCUT2D eigenvalue weighted by Crippen LogP contribution is 2.16. The molecule has 7 nitrogen and oxygen atoms in total. The first-order chi connectivity index (χ1) is 14.2. The molecule has 0 saturated carbocycles. The molecule has 1 aromatic heterocycles. The van der Waals surface area contributed by atoms with Crippen molar-refractivity contribution in [3.8, 4) is 5.69 Å². The summed E-state index contributed by atoms with van der Waals surface area (Å²) in [4.78, 5) is 20.9. The van der Waals surface area contributed by atoms with Gasteiger partial charge in [-0.1, -0.05) is 42.5 Å². The third kappa shape index (κ3) is 4.81. The largest absolute Gasteiger partial charge is 0.331 e. The zero-order valence-electron chi connectivity index (χ0n) is 16.6. The molecule has 7 heteroatoms. The minimum absolute atomic E-state index is 0.00258. The second-order valence-electron chi connectivity index (χ2n) is 7.35. The second-order valence-corrected chi connectivity index (χ2v) is 7.35. The molecule has 1 fully saturated rings. The summed E-state index contributed by atoms with van der Waals surface area (Å²) in [6, 6.07) is 18.4. The smallest absolute Gasteiger partial charge is 0.317 e. The summed E-state index contributed by atoms with van der Waals surface area (Å²) in [6.45, 7) is 6.22. The van der Waals surface area contributed by atoms with E-state index in [0.29, 0.717) is 0 Å². The summed E-state index contributed by atoms with van der Waals surface area (Å²) in [5.74, 6) is 0. The molecule has 1 unspecified atom stereocenters. The van der Waals surface area contributed by atoms with Crippen LogP contribution in [0.15, 0.2) is 67.3 Å². The summed E-state index contributed by atoms with van der Waals surface area (Å²) < 4.78 is 1.71. The molecule has 0 aliphatic carbocycles. The fourth-order valence-corrected chi connectivity index (χ4v) is 3.57. The average molecular weight is 390 g/mol. The van der Waals surface area contributed by atoms with Crippen molar-refractivity contribution < 1.29 is 4.79 Å². The molecule has 1 saturated heterocycles. The van der Waals surface area contributed by atoms with Gasteiger partial charge >= 0.3 is 6.03 Å². The van der Waals surface area contributed by atoms with E-state index in [2.05, 4.69) is 44.6 Å². The first-order valence-corrected chi connectivity index (χ1v) is 9.96. The van der Waals surface area contributed by atoms with Crippen LogP contribution in [-0.4, -0.2) is 56.8 Å². The number of carbonyl (C=O) groups is 1. The van der Waals surface area contributed by atoms with Crippen LogP contribution in [0, 0.1) is 0 Å². The minimum atomic E-state index is -0.0605. The monoisotopic (exact) mass is 390 g/mol. The summed E-state index contributed by atoms with van der Waals surface area (Å²) in [6.07, 6.45) is 3.17. The zero-order chi connectivity index (χ0) is 20.1. The number of urea groups is 1. The van der Waals surface area contributed by atoms with Gasteiger partial charge in [0.25, 0.3) is 0 Å². The van der Waals surface area contributed by atoms with Crippen molar-refractivity contribution in [3.63, 3.8) is 0 Å². The van der Waals surface area contributed by atoms with Crippen molar-refractivity contribution in [1.29, 1.82) is 0 Å². The SMILES string of the molecule is CC(NC(=O)N1CCN(Cc2ccccc2)CC1)c1ccc(-n2cncn2)cc1. The quantitative estimate of drug-likeness (QED) is 0.728. The minimum Gasteiger partial charge on any atom is -0.331 e. The first-order valence-electron chi connectivity index (χ1n) is 9.96. The van der Waals surface area contributed by atoms with E-state index in [-0.39, 0.29) is 12.1 Å². The Hall–Kier alpha value is -3.19. The van der Waals surface area contributed by atoms with E-state index in [4.69, 9.17) is 0 Å². The second kappa shape index (κ2) is 8.87. The molecule has 1 atom stereocenters. The molecule has 150 valence electrons. The Labute approximate surface area is 171 Å². The lowest BCUT2D eigenvalue weighted by Crippen LogP contribution is -2.51. The van der Waals surface area contributed by atoms with Crippen LogP contribution in [0.1, 0.15) is 24.1 Å². The average Bonchev–Trinajstić information content (AvgIpc) is 3.30. The predicted octanol–water partition coefficient (Wildman–Crippen LogP) is 2.86. The van der Waals surface area contributed by atoms with Gasteiger partial charge in [0.1, 0.15) is 12.7 Å². The Kier molecular flexibility index (Phi) is 5.86. The van der Waals surface area contributed by atoms with E-state index in [0.717, 1.165) is 44.0 Å². The number of nitrogens with one attached hydrogen (secondary N) is 1. The molecule has 29 heavy (non-hydrogen) atoms. The number of hydrogen-bond donors (Lipinski definition) is 1. The molecule has 3 aromatic rings. The molecule has 1 N–H and O–H groups in total. The third-order valence-electron chi connectivity index (χ3n) is 5.32. The molecule has 0 bridgehead atoms. The Balaban J connectivity index is 1.27. The normalized spacial score (nSPS) is 15.8. The molecule has 2 amide bonds. The van der Waals surface area contributed by atoms with Crippen molar-refractivity contribution in [3.05, 3.63) is 78.4 Å². The number of benzene rings is 2. The van der Waals surface area contributed by atoms with Crippen LogP contribution < -0.4 is 5.32 Å². The van der Waals surface area contributed by atoms with Gasteiger partial charge in [0.05, 0.1) is 11.7 Å². The van der Waals surface area contributed by atoms with Crippen LogP contribution in [0.2, 0.25) is 0 Å². The molecular formula is C22H26N6O. The highest BCUT2D eigenvalue weighted by atomic mass is 16.2. The van der Waals surface area contributed by atoms with Crippen molar-refractivity contribution >= 4 is 6.03 Å². The van der Waals surface area contributed by atoms with Crippen LogP contribution in [-0.2, 0) is 6.54 Å². The number of piperazine rings is 1. The van der Waals surface area contributed by atoms with Crippen molar-refractivity contribution in [2.45, 2.75) is 19.5 Å². The summed E-state index contributed by atoms with van der Waals surface area (Å²) >= 11 is 0. The molecule has 2 aromatic carbocycles. The van der Waals surface area contributed by atoms with E-state index < -0.39 is 0 Å². The van der Waals surface area contributed by atoms with Gasteiger partial charge in [-0.05, 0) is 30.2 Å². The molecule has 1 aliphatic heterocycles. The van der Waals surface area contributed by atoms with Crippen LogP contribution >= 0.6 is 0 Å². The number of aromatic nitrogens is 3. The van der Waals surface area contributed by atoms with Crippen LogP contribution in [0.3, 0.4) is 0 Å². The van der Waals surface area contributed by atoms with Gasteiger partial charge in [0.15, 0.2) is 0 Å². The fraction of sp³-hybridized carbons (Fsp3) is 0.318. The molecule has 2 heterocycles. The summed E-state index contributed by atoms with van der Waals surface area (Å²) in [7, 11) is 0. The van der Waals surface area contributed by atoms with Crippen LogP contribution in [0.5, 0.6) is 0 Å². The predicted molar refractivity (Wildman–Crippen MR) is 112 cm³/mol. The van der Waals surface area contributed by atoms with E-state index >= 15 is 0 Å². The fourth-order valence-electron chi connectivity index (χ4n) is 3.57. The topological polar surface area (TPSA) is 66.3 Å². The van der Waals surface area contributed by atoms with Crippen molar-refractivity contribution in [2.24, 2.45) is 0 Å². The van der Waals surface area contributed by atoms with E-state index in [1.54, 1.807) is 11.0 Å². The Bertz CT molecular complexity index is 902. The zero-order valence-corrected chi connectivity index (χ0v) is 16.6. The Morgan fingerprint density at radius 1 is 1.03 bits per heavy atom. The summed E-state index contributed by atoms with van der Waals surface area (Å²) in [5.41, 5.74) is 3.32. The lowest BCUT2D eigenvalue weighted by Gasteiger charge is -2.35. The van der Waals surface area contributed by atoms with Crippen molar-refractivity contribution in [2.75, 3.05) is 26.2 Å². The number of nitrogens with zero attached hydrogens (tertiary/aromatic N) is 5. The highest BCUT2D eigenvalue weighted by molar-refractivity contribution is 5.74. The van der Waals surface area contributed by atoms with Gasteiger partial charge in [0, 0.05) is 32.7 Å². The van der Waals surface area contributed by atoms with E-state index in [1.807, 2.05) is 42.2 Å². The lowest BCUT2D eigenvalue weighted by molar-refractivity contribution is 0.133. The lowest BCUT2D eigenvalue weighted by atomic mass is 10.1. The molecule has 0 spiro atoms. The van der Waals surface area contributed by atoms with Gasteiger partial charge in [0.2, 0.25) is 0 Å². The maximum absolute atomic E-state index is 12.7. The van der Waals surface area contributed by atoms with E-state index in [1.165, 1.54) is 11.9 Å².